The van der Waals surface area contributed by atoms with Gasteiger partial charge in [-0.2, -0.15) is 4.80 Å². The molecule has 2 heterocycles. The quantitative estimate of drug-likeness (QED) is 0.894. The predicted octanol–water partition coefficient (Wildman–Crippen LogP) is 0.943. The summed E-state index contributed by atoms with van der Waals surface area (Å²) in [5, 5.41) is 14.4. The molecule has 7 heteroatoms. The molecule has 0 radical (unpaired) electrons. The summed E-state index contributed by atoms with van der Waals surface area (Å²) in [6, 6.07) is 3.80. The molecule has 0 aromatic carbocycles. The van der Waals surface area contributed by atoms with Gasteiger partial charge in [0.15, 0.2) is 6.33 Å². The average molecular weight is 269 g/mol. The van der Waals surface area contributed by atoms with Gasteiger partial charge in [0.25, 0.3) is 0 Å². The summed E-state index contributed by atoms with van der Waals surface area (Å²) in [6.07, 6.45) is 3.15. The lowest BCUT2D eigenvalue weighted by atomic mass is 10.4. The molecule has 0 saturated heterocycles. The second-order valence-corrected chi connectivity index (χ2v) is 3.65. The Morgan fingerprint density at radius 1 is 1.47 bits per heavy atom. The van der Waals surface area contributed by atoms with E-state index in [1.807, 2.05) is 12.1 Å². The van der Waals surface area contributed by atoms with Crippen LogP contribution in [-0.4, -0.2) is 31.7 Å². The maximum absolute atomic E-state index is 4.17. The van der Waals surface area contributed by atoms with E-state index in [0.29, 0.717) is 13.1 Å². The molecule has 0 atom stereocenters. The Morgan fingerprint density at radius 3 is 3.13 bits per heavy atom. The number of nitrogens with one attached hydrogen (secondary N) is 1. The molecule has 0 aliphatic heterocycles. The maximum atomic E-state index is 4.17. The lowest BCUT2D eigenvalue weighted by Gasteiger charge is -2.05. The first kappa shape index (κ1) is 10.0. The number of tetrazole rings is 1. The number of halogens is 1. The minimum absolute atomic E-state index is 0.656. The van der Waals surface area contributed by atoms with Crippen molar-refractivity contribution in [1.82, 2.24) is 25.2 Å². The van der Waals surface area contributed by atoms with Crippen LogP contribution in [0.5, 0.6) is 0 Å². The van der Waals surface area contributed by atoms with Gasteiger partial charge < -0.3 is 5.32 Å². The van der Waals surface area contributed by atoms with Crippen molar-refractivity contribution < 1.29 is 0 Å². The summed E-state index contributed by atoms with van der Waals surface area (Å²) >= 11 is 3.40. The summed E-state index contributed by atoms with van der Waals surface area (Å²) in [6.45, 7) is 1.36. The number of rotatable bonds is 4. The van der Waals surface area contributed by atoms with E-state index in [0.717, 1.165) is 10.3 Å². The van der Waals surface area contributed by atoms with Crippen molar-refractivity contribution in [2.24, 2.45) is 0 Å². The molecule has 0 aliphatic carbocycles. The molecule has 0 amide bonds. The highest BCUT2D eigenvalue weighted by atomic mass is 79.9. The third-order valence-electron chi connectivity index (χ3n) is 1.75. The minimum Gasteiger partial charge on any atom is -0.367 e. The standard InChI is InChI=1S/C8H9BrN6/c9-7-2-1-3-10-8(7)11-4-5-15-13-6-12-14-15/h1-3,6H,4-5H2,(H,10,11). The van der Waals surface area contributed by atoms with E-state index < -0.39 is 0 Å². The summed E-state index contributed by atoms with van der Waals surface area (Å²) in [5.74, 6) is 0.817. The predicted molar refractivity (Wildman–Crippen MR) is 58.2 cm³/mol. The van der Waals surface area contributed by atoms with Crippen LogP contribution in [0, 0.1) is 0 Å². The zero-order valence-corrected chi connectivity index (χ0v) is 9.42. The van der Waals surface area contributed by atoms with Crippen molar-refractivity contribution in [3.63, 3.8) is 0 Å². The van der Waals surface area contributed by atoms with E-state index in [9.17, 15) is 0 Å². The van der Waals surface area contributed by atoms with E-state index in [2.05, 4.69) is 41.6 Å². The molecule has 6 nitrogen and oxygen atoms in total. The molecular formula is C8H9BrN6. The Morgan fingerprint density at radius 2 is 2.40 bits per heavy atom. The zero-order valence-electron chi connectivity index (χ0n) is 7.84. The lowest BCUT2D eigenvalue weighted by Crippen LogP contribution is -2.13. The van der Waals surface area contributed by atoms with Crippen LogP contribution in [0.25, 0.3) is 0 Å². The molecule has 2 rings (SSSR count). The van der Waals surface area contributed by atoms with Gasteiger partial charge in [0.1, 0.15) is 5.82 Å². The molecule has 78 valence electrons. The summed E-state index contributed by atoms with van der Waals surface area (Å²) in [7, 11) is 0. The van der Waals surface area contributed by atoms with Crippen molar-refractivity contribution in [3.8, 4) is 0 Å². The van der Waals surface area contributed by atoms with Gasteiger partial charge in [-0.05, 0) is 33.3 Å². The van der Waals surface area contributed by atoms with Crippen LogP contribution in [0.1, 0.15) is 0 Å². The maximum Gasteiger partial charge on any atom is 0.162 e. The molecule has 0 saturated carbocycles. The molecule has 0 bridgehead atoms. The first-order chi connectivity index (χ1) is 7.36. The van der Waals surface area contributed by atoms with Gasteiger partial charge in [0.05, 0.1) is 11.0 Å². The highest BCUT2D eigenvalue weighted by Crippen LogP contribution is 2.17. The fraction of sp³-hybridized carbons (Fsp3) is 0.250. The van der Waals surface area contributed by atoms with Crippen molar-refractivity contribution in [3.05, 3.63) is 29.1 Å². The lowest BCUT2D eigenvalue weighted by molar-refractivity contribution is 0.538. The van der Waals surface area contributed by atoms with Gasteiger partial charge in [-0.15, -0.1) is 10.2 Å². The number of pyridine rings is 1. The van der Waals surface area contributed by atoms with Crippen molar-refractivity contribution in [1.29, 1.82) is 0 Å². The van der Waals surface area contributed by atoms with Crippen LogP contribution in [-0.2, 0) is 6.54 Å². The summed E-state index contributed by atoms with van der Waals surface area (Å²) in [4.78, 5) is 5.69. The summed E-state index contributed by atoms with van der Waals surface area (Å²) in [5.41, 5.74) is 0. The number of nitrogens with zero attached hydrogens (tertiary/aromatic N) is 5. The van der Waals surface area contributed by atoms with Crippen LogP contribution in [0.2, 0.25) is 0 Å². The molecule has 0 spiro atoms. The minimum atomic E-state index is 0.656. The van der Waals surface area contributed by atoms with Crippen molar-refractivity contribution >= 4 is 21.7 Å². The van der Waals surface area contributed by atoms with E-state index >= 15 is 0 Å². The van der Waals surface area contributed by atoms with E-state index in [1.54, 1.807) is 6.20 Å². The van der Waals surface area contributed by atoms with Crippen LogP contribution in [0.15, 0.2) is 29.1 Å². The normalized spacial score (nSPS) is 10.2. The third-order valence-corrected chi connectivity index (χ3v) is 2.39. The van der Waals surface area contributed by atoms with Crippen LogP contribution in [0.3, 0.4) is 0 Å². The molecule has 0 fully saturated rings. The van der Waals surface area contributed by atoms with E-state index in [-0.39, 0.29) is 0 Å². The van der Waals surface area contributed by atoms with E-state index in [4.69, 9.17) is 0 Å². The smallest absolute Gasteiger partial charge is 0.162 e. The molecule has 0 unspecified atom stereocenters. The Balaban J connectivity index is 1.86. The second-order valence-electron chi connectivity index (χ2n) is 2.79. The second kappa shape index (κ2) is 4.83. The fourth-order valence-corrected chi connectivity index (χ4v) is 1.48. The molecule has 0 aliphatic rings. The van der Waals surface area contributed by atoms with Gasteiger partial charge in [-0.3, -0.25) is 0 Å². The number of hydrogen-bond donors (Lipinski definition) is 1. The van der Waals surface area contributed by atoms with Gasteiger partial charge >= 0.3 is 0 Å². The van der Waals surface area contributed by atoms with Gasteiger partial charge in [-0.25, -0.2) is 4.98 Å². The topological polar surface area (TPSA) is 68.5 Å². The molecular weight excluding hydrogens is 260 g/mol. The first-order valence-electron chi connectivity index (χ1n) is 4.41. The van der Waals surface area contributed by atoms with Crippen LogP contribution >= 0.6 is 15.9 Å². The number of aromatic nitrogens is 5. The third kappa shape index (κ3) is 2.72. The monoisotopic (exact) mass is 268 g/mol. The average Bonchev–Trinajstić information content (AvgIpc) is 2.74. The number of hydrogen-bond acceptors (Lipinski definition) is 5. The molecule has 1 N–H and O–H groups in total. The van der Waals surface area contributed by atoms with Gasteiger partial charge in [0.2, 0.25) is 0 Å². The molecule has 2 aromatic heterocycles. The number of anilines is 1. The fourth-order valence-electron chi connectivity index (χ4n) is 1.08. The highest BCUT2D eigenvalue weighted by molar-refractivity contribution is 9.10. The Bertz CT molecular complexity index is 415. The largest absolute Gasteiger partial charge is 0.367 e. The van der Waals surface area contributed by atoms with Gasteiger partial charge in [0, 0.05) is 12.7 Å². The van der Waals surface area contributed by atoms with E-state index in [1.165, 1.54) is 11.1 Å². The molecule has 2 aromatic rings. The SMILES string of the molecule is Brc1cccnc1NCCn1ncnn1. The zero-order chi connectivity index (χ0) is 10.5. The van der Waals surface area contributed by atoms with Crippen molar-refractivity contribution in [2.75, 3.05) is 11.9 Å². The Hall–Kier alpha value is -1.50. The Labute approximate surface area is 94.8 Å². The summed E-state index contributed by atoms with van der Waals surface area (Å²) < 4.78 is 0.941. The van der Waals surface area contributed by atoms with Crippen LogP contribution < -0.4 is 5.32 Å². The van der Waals surface area contributed by atoms with Crippen molar-refractivity contribution in [2.45, 2.75) is 6.54 Å². The van der Waals surface area contributed by atoms with Crippen LogP contribution in [0.4, 0.5) is 5.82 Å². The highest BCUT2D eigenvalue weighted by Gasteiger charge is 1.98. The Kier molecular flexibility index (Phi) is 3.23. The van der Waals surface area contributed by atoms with Gasteiger partial charge in [-0.1, -0.05) is 0 Å². The first-order valence-corrected chi connectivity index (χ1v) is 5.21. The molecule has 15 heavy (non-hydrogen) atoms.